The van der Waals surface area contributed by atoms with Crippen LogP contribution in [-0.2, 0) is 6.54 Å². The second-order valence-electron chi connectivity index (χ2n) is 6.39. The zero-order chi connectivity index (χ0) is 19.9. The Morgan fingerprint density at radius 1 is 1.07 bits per heavy atom. The molecule has 3 rings (SSSR count). The molecule has 144 valence electrons. The molecule has 3 aromatic rings. The van der Waals surface area contributed by atoms with E-state index in [-0.39, 0.29) is 5.91 Å². The van der Waals surface area contributed by atoms with Gasteiger partial charge in [-0.2, -0.15) is 0 Å². The molecule has 1 N–H and O–H groups in total. The molecule has 0 aliphatic carbocycles. The van der Waals surface area contributed by atoms with E-state index in [0.29, 0.717) is 24.6 Å². The molecule has 1 amide bonds. The lowest BCUT2D eigenvalue weighted by Crippen LogP contribution is -2.31. The summed E-state index contributed by atoms with van der Waals surface area (Å²) in [6.07, 6.45) is 0. The molecule has 0 fully saturated rings. The smallest absolute Gasteiger partial charge is 0.278 e. The second kappa shape index (κ2) is 8.99. The van der Waals surface area contributed by atoms with Crippen LogP contribution in [0.4, 0.5) is 11.5 Å². The molecule has 0 saturated carbocycles. The van der Waals surface area contributed by atoms with Gasteiger partial charge in [0.15, 0.2) is 5.69 Å². The Kier molecular flexibility index (Phi) is 6.22. The highest BCUT2D eigenvalue weighted by molar-refractivity contribution is 6.04. The Labute approximate surface area is 165 Å². The van der Waals surface area contributed by atoms with Crippen LogP contribution in [0, 0.1) is 6.92 Å². The van der Waals surface area contributed by atoms with Crippen LogP contribution in [0.25, 0.3) is 0 Å². The fourth-order valence-corrected chi connectivity index (χ4v) is 2.85. The van der Waals surface area contributed by atoms with Crippen molar-refractivity contribution in [1.82, 2.24) is 10.2 Å². The zero-order valence-corrected chi connectivity index (χ0v) is 16.3. The van der Waals surface area contributed by atoms with Gasteiger partial charge in [-0.15, -0.1) is 10.2 Å². The highest BCUT2D eigenvalue weighted by atomic mass is 16.5. The first-order valence-electron chi connectivity index (χ1n) is 9.19. The molecule has 6 nitrogen and oxygen atoms in total. The molecular formula is C22H24N4O2. The number of nitrogens with zero attached hydrogens (tertiary/aromatic N) is 3. The summed E-state index contributed by atoms with van der Waals surface area (Å²) in [6, 6.07) is 19.1. The number of amides is 1. The molecule has 0 radical (unpaired) electrons. The number of anilines is 2. The van der Waals surface area contributed by atoms with Gasteiger partial charge in [-0.1, -0.05) is 24.3 Å². The lowest BCUT2D eigenvalue weighted by atomic mass is 10.2. The standard InChI is InChI=1S/C22H24N4O2/c1-4-26(18-7-5-6-16(2)14-18)22(27)20-12-13-21(25-24-20)23-15-17-8-10-19(28-3)11-9-17/h5-14H,4,15H2,1-3H3,(H,23,25). The summed E-state index contributed by atoms with van der Waals surface area (Å²) in [6.45, 7) is 5.11. The van der Waals surface area contributed by atoms with Crippen molar-refractivity contribution in [1.29, 1.82) is 0 Å². The van der Waals surface area contributed by atoms with Crippen molar-refractivity contribution in [3.05, 3.63) is 77.5 Å². The quantitative estimate of drug-likeness (QED) is 0.673. The minimum atomic E-state index is -0.165. The normalized spacial score (nSPS) is 10.4. The van der Waals surface area contributed by atoms with Gasteiger partial charge in [0.25, 0.3) is 5.91 Å². The van der Waals surface area contributed by atoms with E-state index in [1.54, 1.807) is 24.1 Å². The summed E-state index contributed by atoms with van der Waals surface area (Å²) in [5.41, 5.74) is 3.38. The first-order valence-corrected chi connectivity index (χ1v) is 9.19. The van der Waals surface area contributed by atoms with Crippen molar-refractivity contribution in [3.8, 4) is 5.75 Å². The summed E-state index contributed by atoms with van der Waals surface area (Å²) in [5.74, 6) is 1.27. The number of aromatic nitrogens is 2. The van der Waals surface area contributed by atoms with Crippen molar-refractivity contribution in [2.24, 2.45) is 0 Å². The van der Waals surface area contributed by atoms with Gasteiger partial charge in [0.05, 0.1) is 7.11 Å². The summed E-state index contributed by atoms with van der Waals surface area (Å²) >= 11 is 0. The number of rotatable bonds is 7. The number of hydrogen-bond acceptors (Lipinski definition) is 5. The van der Waals surface area contributed by atoms with Crippen LogP contribution in [0.5, 0.6) is 5.75 Å². The van der Waals surface area contributed by atoms with E-state index >= 15 is 0 Å². The van der Waals surface area contributed by atoms with E-state index < -0.39 is 0 Å². The number of carbonyl (C=O) groups excluding carboxylic acids is 1. The molecule has 0 unspecified atom stereocenters. The summed E-state index contributed by atoms with van der Waals surface area (Å²) in [5, 5.41) is 11.5. The van der Waals surface area contributed by atoms with E-state index in [1.807, 2.05) is 62.4 Å². The predicted molar refractivity (Wildman–Crippen MR) is 111 cm³/mol. The van der Waals surface area contributed by atoms with Gasteiger partial charge in [0.2, 0.25) is 0 Å². The Morgan fingerprint density at radius 2 is 1.86 bits per heavy atom. The summed E-state index contributed by atoms with van der Waals surface area (Å²) < 4.78 is 5.16. The first-order chi connectivity index (χ1) is 13.6. The van der Waals surface area contributed by atoms with Gasteiger partial charge < -0.3 is 15.0 Å². The lowest BCUT2D eigenvalue weighted by Gasteiger charge is -2.20. The van der Waals surface area contributed by atoms with Crippen LogP contribution in [0.3, 0.4) is 0 Å². The molecule has 0 atom stereocenters. The Balaban J connectivity index is 1.66. The van der Waals surface area contributed by atoms with Gasteiger partial charge in [-0.05, 0) is 61.4 Å². The Morgan fingerprint density at radius 3 is 2.46 bits per heavy atom. The first kappa shape index (κ1) is 19.4. The molecular weight excluding hydrogens is 352 g/mol. The number of benzene rings is 2. The monoisotopic (exact) mass is 376 g/mol. The number of hydrogen-bond donors (Lipinski definition) is 1. The average Bonchev–Trinajstić information content (AvgIpc) is 2.73. The minimum absolute atomic E-state index is 0.165. The van der Waals surface area contributed by atoms with Crippen LogP contribution in [-0.4, -0.2) is 29.8 Å². The molecule has 1 heterocycles. The second-order valence-corrected chi connectivity index (χ2v) is 6.39. The van der Waals surface area contributed by atoms with E-state index in [1.165, 1.54) is 0 Å². The highest BCUT2D eigenvalue weighted by Gasteiger charge is 2.18. The summed E-state index contributed by atoms with van der Waals surface area (Å²) in [4.78, 5) is 14.5. The molecule has 0 spiro atoms. The molecule has 0 aliphatic rings. The number of ether oxygens (including phenoxy) is 1. The summed E-state index contributed by atoms with van der Waals surface area (Å²) in [7, 11) is 1.64. The van der Waals surface area contributed by atoms with Gasteiger partial charge in [0.1, 0.15) is 11.6 Å². The third kappa shape index (κ3) is 4.65. The third-order valence-corrected chi connectivity index (χ3v) is 4.39. The van der Waals surface area contributed by atoms with Crippen molar-refractivity contribution in [3.63, 3.8) is 0 Å². The Bertz CT molecular complexity index is 924. The van der Waals surface area contributed by atoms with E-state index in [4.69, 9.17) is 4.74 Å². The molecule has 6 heteroatoms. The van der Waals surface area contributed by atoms with Crippen molar-refractivity contribution < 1.29 is 9.53 Å². The average molecular weight is 376 g/mol. The maximum Gasteiger partial charge on any atom is 0.278 e. The van der Waals surface area contributed by atoms with Crippen molar-refractivity contribution >= 4 is 17.4 Å². The Hall–Kier alpha value is -3.41. The molecule has 2 aromatic carbocycles. The zero-order valence-electron chi connectivity index (χ0n) is 16.3. The van der Waals surface area contributed by atoms with Crippen LogP contribution < -0.4 is 15.0 Å². The van der Waals surface area contributed by atoms with Crippen LogP contribution in [0.1, 0.15) is 28.5 Å². The van der Waals surface area contributed by atoms with E-state index in [9.17, 15) is 4.79 Å². The lowest BCUT2D eigenvalue weighted by molar-refractivity contribution is 0.0982. The van der Waals surface area contributed by atoms with Gasteiger partial charge in [-0.25, -0.2) is 0 Å². The maximum atomic E-state index is 12.8. The third-order valence-electron chi connectivity index (χ3n) is 4.39. The van der Waals surface area contributed by atoms with Crippen LogP contribution in [0.2, 0.25) is 0 Å². The number of methoxy groups -OCH3 is 1. The van der Waals surface area contributed by atoms with Gasteiger partial charge in [0, 0.05) is 18.8 Å². The molecule has 0 aliphatic heterocycles. The van der Waals surface area contributed by atoms with Crippen molar-refractivity contribution in [2.45, 2.75) is 20.4 Å². The molecule has 28 heavy (non-hydrogen) atoms. The number of aryl methyl sites for hydroxylation is 1. The van der Waals surface area contributed by atoms with E-state index in [0.717, 1.165) is 22.6 Å². The predicted octanol–water partition coefficient (Wildman–Crippen LogP) is 4.07. The fraction of sp³-hybridized carbons (Fsp3) is 0.227. The van der Waals surface area contributed by atoms with Crippen LogP contribution >= 0.6 is 0 Å². The van der Waals surface area contributed by atoms with E-state index in [2.05, 4.69) is 15.5 Å². The number of nitrogens with one attached hydrogen (secondary N) is 1. The van der Waals surface area contributed by atoms with Crippen molar-refractivity contribution in [2.75, 3.05) is 23.9 Å². The maximum absolute atomic E-state index is 12.8. The topological polar surface area (TPSA) is 67.4 Å². The van der Waals surface area contributed by atoms with Gasteiger partial charge in [-0.3, -0.25) is 4.79 Å². The van der Waals surface area contributed by atoms with Crippen LogP contribution in [0.15, 0.2) is 60.7 Å². The SMILES string of the molecule is CCN(C(=O)c1ccc(NCc2ccc(OC)cc2)nn1)c1cccc(C)c1. The molecule has 0 bridgehead atoms. The minimum Gasteiger partial charge on any atom is -0.497 e. The largest absolute Gasteiger partial charge is 0.497 e. The molecule has 1 aromatic heterocycles. The van der Waals surface area contributed by atoms with Gasteiger partial charge >= 0.3 is 0 Å². The molecule has 0 saturated heterocycles. The fourth-order valence-electron chi connectivity index (χ4n) is 2.85. The number of carbonyl (C=O) groups is 1. The highest BCUT2D eigenvalue weighted by Crippen LogP contribution is 2.18.